The van der Waals surface area contributed by atoms with Crippen LogP contribution in [-0.2, 0) is 27.9 Å². The Balaban J connectivity index is 3.14. The fourth-order valence-corrected chi connectivity index (χ4v) is 2.84. The van der Waals surface area contributed by atoms with Gasteiger partial charge in [-0.25, -0.2) is 0 Å². The second-order valence-corrected chi connectivity index (χ2v) is 6.35. The van der Waals surface area contributed by atoms with Gasteiger partial charge in [0, 0.05) is 32.8 Å². The van der Waals surface area contributed by atoms with Crippen molar-refractivity contribution in [3.8, 4) is 0 Å². The van der Waals surface area contributed by atoms with E-state index in [4.69, 9.17) is 20.9 Å². The molecular weight excluding hydrogens is 227 g/mol. The molecule has 0 unspecified atom stereocenters. The molecule has 0 saturated heterocycles. The van der Waals surface area contributed by atoms with Gasteiger partial charge in [0.2, 0.25) is 0 Å². The average Bonchev–Trinajstić information content (AvgIpc) is 2.52. The highest BCUT2D eigenvalue weighted by Crippen LogP contribution is 2.47. The number of aromatic nitrogens is 1. The SMILES string of the molecule is COP(=S)(/N=c1/sccn1C)OC. The van der Waals surface area contributed by atoms with Gasteiger partial charge in [-0.05, 0) is 11.8 Å². The summed E-state index contributed by atoms with van der Waals surface area (Å²) in [4.78, 5) is 0.812. The molecule has 74 valence electrons. The molecule has 0 amide bonds. The van der Waals surface area contributed by atoms with E-state index >= 15 is 0 Å². The van der Waals surface area contributed by atoms with Crippen molar-refractivity contribution in [2.75, 3.05) is 14.2 Å². The number of aryl methyl sites for hydroxylation is 1. The normalized spacial score (nSPS) is 13.6. The van der Waals surface area contributed by atoms with E-state index in [9.17, 15) is 0 Å². The Morgan fingerprint density at radius 3 is 2.54 bits per heavy atom. The van der Waals surface area contributed by atoms with E-state index < -0.39 is 6.64 Å². The first kappa shape index (κ1) is 11.1. The highest BCUT2D eigenvalue weighted by atomic mass is 32.5. The van der Waals surface area contributed by atoms with Crippen molar-refractivity contribution >= 4 is 29.8 Å². The molecule has 0 saturated carbocycles. The van der Waals surface area contributed by atoms with Crippen LogP contribution in [0, 0.1) is 0 Å². The zero-order valence-corrected chi connectivity index (χ0v) is 10.2. The largest absolute Gasteiger partial charge is 0.327 e. The Morgan fingerprint density at radius 1 is 1.54 bits per heavy atom. The molecule has 1 aromatic rings. The molecule has 0 bridgehead atoms. The molecule has 0 radical (unpaired) electrons. The third-order valence-electron chi connectivity index (χ3n) is 1.43. The molecule has 0 N–H and O–H groups in total. The molecule has 0 aliphatic carbocycles. The molecule has 4 nitrogen and oxygen atoms in total. The Labute approximate surface area is 86.1 Å². The Kier molecular flexibility index (Phi) is 3.82. The van der Waals surface area contributed by atoms with Gasteiger partial charge in [-0.1, -0.05) is 0 Å². The third-order valence-corrected chi connectivity index (χ3v) is 4.91. The summed E-state index contributed by atoms with van der Waals surface area (Å²) in [6.07, 6.45) is 1.91. The van der Waals surface area contributed by atoms with E-state index in [2.05, 4.69) is 4.76 Å². The maximum absolute atomic E-state index is 5.11. The van der Waals surface area contributed by atoms with E-state index in [1.165, 1.54) is 25.6 Å². The molecule has 0 aliphatic rings. The van der Waals surface area contributed by atoms with E-state index in [1.54, 1.807) is 0 Å². The first-order valence-electron chi connectivity index (χ1n) is 3.49. The van der Waals surface area contributed by atoms with Crippen LogP contribution in [0.25, 0.3) is 0 Å². The minimum atomic E-state index is -2.45. The Hall–Kier alpha value is -0.0000000000000000208. The van der Waals surface area contributed by atoms with Crippen LogP contribution in [0.4, 0.5) is 0 Å². The van der Waals surface area contributed by atoms with Crippen molar-refractivity contribution in [3.05, 3.63) is 16.4 Å². The third kappa shape index (κ3) is 2.72. The van der Waals surface area contributed by atoms with Crippen molar-refractivity contribution in [1.29, 1.82) is 0 Å². The number of thiazole rings is 1. The van der Waals surface area contributed by atoms with Crippen LogP contribution in [0.5, 0.6) is 0 Å². The average molecular weight is 238 g/mol. The van der Waals surface area contributed by atoms with Crippen LogP contribution in [0.2, 0.25) is 0 Å². The summed E-state index contributed by atoms with van der Waals surface area (Å²) in [6, 6.07) is 0. The lowest BCUT2D eigenvalue weighted by molar-refractivity contribution is 0.337. The van der Waals surface area contributed by atoms with E-state index in [0.29, 0.717) is 0 Å². The predicted molar refractivity (Wildman–Crippen MR) is 57.2 cm³/mol. The minimum Gasteiger partial charge on any atom is -0.327 e. The number of hydrogen-bond donors (Lipinski definition) is 0. The smallest absolute Gasteiger partial charge is 0.311 e. The predicted octanol–water partition coefficient (Wildman–Crippen LogP) is 1.50. The van der Waals surface area contributed by atoms with Gasteiger partial charge in [-0.2, -0.15) is 4.76 Å². The molecule has 0 atom stereocenters. The van der Waals surface area contributed by atoms with Gasteiger partial charge in [0.15, 0.2) is 4.80 Å². The fourth-order valence-electron chi connectivity index (χ4n) is 0.685. The van der Waals surface area contributed by atoms with Gasteiger partial charge >= 0.3 is 6.64 Å². The lowest BCUT2D eigenvalue weighted by Gasteiger charge is -2.10. The molecule has 7 heteroatoms. The summed E-state index contributed by atoms with van der Waals surface area (Å²) in [5.41, 5.74) is 0. The van der Waals surface area contributed by atoms with E-state index in [1.807, 2.05) is 23.2 Å². The summed E-state index contributed by atoms with van der Waals surface area (Å²) in [5.74, 6) is 0. The van der Waals surface area contributed by atoms with Crippen molar-refractivity contribution < 1.29 is 9.05 Å². The molecule has 13 heavy (non-hydrogen) atoms. The molecule has 0 aliphatic heterocycles. The molecule has 1 aromatic heterocycles. The first-order valence-corrected chi connectivity index (χ1v) is 6.96. The Bertz CT molecular complexity index is 376. The summed E-state index contributed by atoms with van der Waals surface area (Å²) >= 11 is 6.61. The summed E-state index contributed by atoms with van der Waals surface area (Å²) in [6.45, 7) is -2.45. The molecule has 1 heterocycles. The van der Waals surface area contributed by atoms with Crippen LogP contribution in [0.3, 0.4) is 0 Å². The van der Waals surface area contributed by atoms with Gasteiger partial charge in [-0.15, -0.1) is 11.3 Å². The molecule has 0 fully saturated rings. The number of rotatable bonds is 3. The van der Waals surface area contributed by atoms with Gasteiger partial charge in [-0.3, -0.25) is 0 Å². The van der Waals surface area contributed by atoms with E-state index in [-0.39, 0.29) is 0 Å². The molecular formula is C6H11N2O2PS2. The lowest BCUT2D eigenvalue weighted by atomic mass is 10.9. The maximum atomic E-state index is 5.11. The van der Waals surface area contributed by atoms with Crippen LogP contribution >= 0.6 is 18.0 Å². The van der Waals surface area contributed by atoms with Crippen LogP contribution in [-0.4, -0.2) is 18.8 Å². The van der Waals surface area contributed by atoms with Crippen molar-refractivity contribution in [2.45, 2.75) is 0 Å². The number of hydrogen-bond acceptors (Lipinski definition) is 4. The lowest BCUT2D eigenvalue weighted by Crippen LogP contribution is -2.09. The highest BCUT2D eigenvalue weighted by molar-refractivity contribution is 8.09. The van der Waals surface area contributed by atoms with Crippen molar-refractivity contribution in [1.82, 2.24) is 4.57 Å². The van der Waals surface area contributed by atoms with Gasteiger partial charge < -0.3 is 13.6 Å². The zero-order valence-electron chi connectivity index (χ0n) is 7.63. The molecule has 0 aromatic carbocycles. The van der Waals surface area contributed by atoms with Crippen LogP contribution in [0.1, 0.15) is 0 Å². The first-order chi connectivity index (χ1) is 6.11. The summed E-state index contributed by atoms with van der Waals surface area (Å²) in [7, 11) is 4.93. The minimum absolute atomic E-state index is 0.812. The van der Waals surface area contributed by atoms with E-state index in [0.717, 1.165) is 4.80 Å². The fraction of sp³-hybridized carbons (Fsp3) is 0.500. The van der Waals surface area contributed by atoms with Gasteiger partial charge in [0.25, 0.3) is 0 Å². The number of nitrogens with zero attached hydrogens (tertiary/aromatic N) is 2. The standard InChI is InChI=1S/C6H11N2O2PS2/c1-8-4-5-13-6(8)7-11(12,9-2)10-3/h4-5H,1-3H3/b7-6+. The van der Waals surface area contributed by atoms with Gasteiger partial charge in [0.1, 0.15) is 0 Å². The quantitative estimate of drug-likeness (QED) is 0.749. The summed E-state index contributed by atoms with van der Waals surface area (Å²) < 4.78 is 16.2. The van der Waals surface area contributed by atoms with Crippen molar-refractivity contribution in [3.63, 3.8) is 0 Å². The highest BCUT2D eigenvalue weighted by Gasteiger charge is 2.12. The summed E-state index contributed by atoms with van der Waals surface area (Å²) in [5, 5.41) is 1.93. The second-order valence-electron chi connectivity index (χ2n) is 2.23. The maximum Gasteiger partial charge on any atom is 0.311 e. The van der Waals surface area contributed by atoms with Crippen molar-refractivity contribution in [2.24, 2.45) is 11.8 Å². The molecule has 1 rings (SSSR count). The topological polar surface area (TPSA) is 35.8 Å². The Morgan fingerprint density at radius 2 is 2.15 bits per heavy atom. The monoisotopic (exact) mass is 238 g/mol. The molecule has 0 spiro atoms. The van der Waals surface area contributed by atoms with Crippen LogP contribution in [0.15, 0.2) is 16.3 Å². The van der Waals surface area contributed by atoms with Crippen LogP contribution < -0.4 is 4.80 Å². The second kappa shape index (κ2) is 4.48. The zero-order chi connectivity index (χ0) is 9.90. The van der Waals surface area contributed by atoms with Gasteiger partial charge in [0.05, 0.1) is 0 Å².